The lowest BCUT2D eigenvalue weighted by Crippen LogP contribution is -2.23. The molecule has 0 amide bonds. The molecule has 1 aliphatic rings. The highest BCUT2D eigenvalue weighted by Gasteiger charge is 2.25. The van der Waals surface area contributed by atoms with Gasteiger partial charge in [0.05, 0.1) is 6.10 Å². The minimum absolute atomic E-state index is 0.0487. The third-order valence-corrected chi connectivity index (χ3v) is 3.17. The third-order valence-electron chi connectivity index (χ3n) is 3.17. The summed E-state index contributed by atoms with van der Waals surface area (Å²) in [5.74, 6) is 1.99. The molecule has 1 nitrogen and oxygen atoms in total. The normalized spacial score (nSPS) is 32.0. The fourth-order valence-corrected chi connectivity index (χ4v) is 2.13. The van der Waals surface area contributed by atoms with Crippen LogP contribution in [0.25, 0.3) is 0 Å². The van der Waals surface area contributed by atoms with Crippen molar-refractivity contribution in [1.29, 1.82) is 0 Å². The van der Waals surface area contributed by atoms with Crippen LogP contribution in [0.5, 0.6) is 0 Å². The van der Waals surface area contributed by atoms with Crippen LogP contribution >= 0.6 is 0 Å². The van der Waals surface area contributed by atoms with Crippen LogP contribution < -0.4 is 0 Å². The molecule has 1 radical (unpaired) electrons. The first-order valence-corrected chi connectivity index (χ1v) is 5.26. The summed E-state index contributed by atoms with van der Waals surface area (Å²) >= 11 is 0. The van der Waals surface area contributed by atoms with Gasteiger partial charge in [0.2, 0.25) is 0 Å². The summed E-state index contributed by atoms with van der Waals surface area (Å²) in [5.41, 5.74) is 0. The SMILES string of the molecule is CC[C](C)C1CCCCCC1O. The Kier molecular flexibility index (Phi) is 4.07. The maximum atomic E-state index is 9.83. The lowest BCUT2D eigenvalue weighted by Gasteiger charge is -2.25. The predicted molar refractivity (Wildman–Crippen MR) is 51.8 cm³/mol. The van der Waals surface area contributed by atoms with Gasteiger partial charge in [0, 0.05) is 0 Å². The van der Waals surface area contributed by atoms with E-state index in [0.717, 1.165) is 12.8 Å². The molecule has 1 saturated carbocycles. The van der Waals surface area contributed by atoms with Gasteiger partial charge in [0.1, 0.15) is 0 Å². The molecule has 0 aliphatic heterocycles. The second-order valence-electron chi connectivity index (χ2n) is 4.01. The first-order valence-electron chi connectivity index (χ1n) is 5.26. The molecule has 2 atom stereocenters. The maximum Gasteiger partial charge on any atom is 0.0573 e. The van der Waals surface area contributed by atoms with Crippen LogP contribution in [0.4, 0.5) is 0 Å². The van der Waals surface area contributed by atoms with Gasteiger partial charge in [0.25, 0.3) is 0 Å². The van der Waals surface area contributed by atoms with Crippen LogP contribution in [0.15, 0.2) is 0 Å². The van der Waals surface area contributed by atoms with Crippen LogP contribution in [0.2, 0.25) is 0 Å². The number of aliphatic hydroxyl groups excluding tert-OH is 1. The van der Waals surface area contributed by atoms with Crippen LogP contribution in [-0.2, 0) is 0 Å². The van der Waals surface area contributed by atoms with E-state index in [9.17, 15) is 5.11 Å². The van der Waals surface area contributed by atoms with Crippen molar-refractivity contribution >= 4 is 0 Å². The molecule has 0 heterocycles. The molecule has 0 spiro atoms. The smallest absolute Gasteiger partial charge is 0.0573 e. The van der Waals surface area contributed by atoms with E-state index in [0.29, 0.717) is 5.92 Å². The van der Waals surface area contributed by atoms with E-state index in [-0.39, 0.29) is 6.10 Å². The molecular formula is C11H21O. The zero-order valence-corrected chi connectivity index (χ0v) is 8.34. The molecule has 0 bridgehead atoms. The van der Waals surface area contributed by atoms with Crippen molar-refractivity contribution in [3.8, 4) is 0 Å². The van der Waals surface area contributed by atoms with Gasteiger partial charge >= 0.3 is 0 Å². The van der Waals surface area contributed by atoms with E-state index in [4.69, 9.17) is 0 Å². The Morgan fingerprint density at radius 1 is 1.25 bits per heavy atom. The Morgan fingerprint density at radius 2 is 1.92 bits per heavy atom. The summed E-state index contributed by atoms with van der Waals surface area (Å²) in [7, 11) is 0. The summed E-state index contributed by atoms with van der Waals surface area (Å²) < 4.78 is 0. The van der Waals surface area contributed by atoms with Crippen molar-refractivity contribution in [2.75, 3.05) is 0 Å². The van der Waals surface area contributed by atoms with Crippen molar-refractivity contribution in [3.05, 3.63) is 5.92 Å². The number of rotatable bonds is 2. The molecule has 71 valence electrons. The van der Waals surface area contributed by atoms with Gasteiger partial charge in [-0.1, -0.05) is 33.1 Å². The molecule has 0 aromatic heterocycles. The Morgan fingerprint density at radius 3 is 2.58 bits per heavy atom. The van der Waals surface area contributed by atoms with Gasteiger partial charge in [-0.3, -0.25) is 0 Å². The van der Waals surface area contributed by atoms with Gasteiger partial charge in [-0.15, -0.1) is 0 Å². The fourth-order valence-electron chi connectivity index (χ4n) is 2.13. The Labute approximate surface area is 76.2 Å². The second-order valence-corrected chi connectivity index (χ2v) is 4.01. The van der Waals surface area contributed by atoms with Gasteiger partial charge in [-0.25, -0.2) is 0 Å². The average Bonchev–Trinajstić information content (AvgIpc) is 2.28. The van der Waals surface area contributed by atoms with E-state index >= 15 is 0 Å². The monoisotopic (exact) mass is 169 g/mol. The fraction of sp³-hybridized carbons (Fsp3) is 0.909. The lowest BCUT2D eigenvalue weighted by atomic mass is 9.84. The summed E-state index contributed by atoms with van der Waals surface area (Å²) in [6, 6.07) is 0. The van der Waals surface area contributed by atoms with Crippen molar-refractivity contribution in [2.45, 2.75) is 58.5 Å². The Hall–Kier alpha value is -0.0400. The second kappa shape index (κ2) is 4.86. The Balaban J connectivity index is 2.46. The van der Waals surface area contributed by atoms with E-state index in [1.54, 1.807) is 0 Å². The first-order chi connectivity index (χ1) is 5.75. The number of aliphatic hydroxyl groups is 1. The molecule has 1 aliphatic carbocycles. The summed E-state index contributed by atoms with van der Waals surface area (Å²) in [6.07, 6.45) is 7.13. The third kappa shape index (κ3) is 2.48. The highest BCUT2D eigenvalue weighted by molar-refractivity contribution is 4.95. The zero-order valence-electron chi connectivity index (χ0n) is 8.34. The van der Waals surface area contributed by atoms with Gasteiger partial charge < -0.3 is 5.11 Å². The van der Waals surface area contributed by atoms with Crippen molar-refractivity contribution in [3.63, 3.8) is 0 Å². The van der Waals surface area contributed by atoms with E-state index < -0.39 is 0 Å². The minimum Gasteiger partial charge on any atom is -0.393 e. The summed E-state index contributed by atoms with van der Waals surface area (Å²) in [5, 5.41) is 9.83. The molecule has 1 heteroatoms. The number of hydrogen-bond acceptors (Lipinski definition) is 1. The standard InChI is InChI=1S/C11H21O/c1-3-9(2)10-7-5-4-6-8-11(10)12/h10-12H,3-8H2,1-2H3. The van der Waals surface area contributed by atoms with Crippen LogP contribution in [0.1, 0.15) is 52.4 Å². The maximum absolute atomic E-state index is 9.83. The van der Waals surface area contributed by atoms with Crippen LogP contribution in [0, 0.1) is 11.8 Å². The lowest BCUT2D eigenvalue weighted by molar-refractivity contribution is 0.106. The van der Waals surface area contributed by atoms with Crippen LogP contribution in [0.3, 0.4) is 0 Å². The minimum atomic E-state index is -0.0487. The quantitative estimate of drug-likeness (QED) is 0.630. The first kappa shape index (κ1) is 10.0. The molecular weight excluding hydrogens is 148 g/mol. The van der Waals surface area contributed by atoms with Crippen molar-refractivity contribution in [2.24, 2.45) is 5.92 Å². The molecule has 0 aromatic rings. The summed E-state index contributed by atoms with van der Waals surface area (Å²) in [6.45, 7) is 4.38. The summed E-state index contributed by atoms with van der Waals surface area (Å²) in [4.78, 5) is 0. The largest absolute Gasteiger partial charge is 0.393 e. The molecule has 1 N–H and O–H groups in total. The molecule has 0 saturated heterocycles. The van der Waals surface area contributed by atoms with E-state index in [1.165, 1.54) is 31.6 Å². The predicted octanol–water partition coefficient (Wildman–Crippen LogP) is 2.93. The van der Waals surface area contributed by atoms with Crippen LogP contribution in [-0.4, -0.2) is 11.2 Å². The zero-order chi connectivity index (χ0) is 8.97. The van der Waals surface area contributed by atoms with Gasteiger partial charge in [0.15, 0.2) is 0 Å². The molecule has 2 unspecified atom stereocenters. The van der Waals surface area contributed by atoms with E-state index in [2.05, 4.69) is 13.8 Å². The topological polar surface area (TPSA) is 20.2 Å². The average molecular weight is 169 g/mol. The Bertz CT molecular complexity index is 122. The highest BCUT2D eigenvalue weighted by atomic mass is 16.3. The number of hydrogen-bond donors (Lipinski definition) is 1. The molecule has 1 fully saturated rings. The van der Waals surface area contributed by atoms with Crippen molar-refractivity contribution < 1.29 is 5.11 Å². The van der Waals surface area contributed by atoms with Crippen molar-refractivity contribution in [1.82, 2.24) is 0 Å². The van der Waals surface area contributed by atoms with E-state index in [1.807, 2.05) is 0 Å². The molecule has 1 rings (SSSR count). The molecule has 0 aromatic carbocycles. The molecule has 12 heavy (non-hydrogen) atoms. The van der Waals surface area contributed by atoms with Gasteiger partial charge in [-0.2, -0.15) is 0 Å². The van der Waals surface area contributed by atoms with Gasteiger partial charge in [-0.05, 0) is 31.1 Å². The highest BCUT2D eigenvalue weighted by Crippen LogP contribution is 2.31.